The second kappa shape index (κ2) is 5.71. The zero-order valence-corrected chi connectivity index (χ0v) is 11.1. The predicted octanol–water partition coefficient (Wildman–Crippen LogP) is 1.79. The van der Waals surface area contributed by atoms with Crippen LogP contribution in [0, 0.1) is 6.92 Å². The minimum atomic E-state index is -1.33. The minimum absolute atomic E-state index is 0.00978. The number of carbonyl (C=O) groups is 1. The van der Waals surface area contributed by atoms with E-state index in [1.807, 2.05) is 19.1 Å². The number of carboxylic acid groups (broad SMARTS) is 1. The first kappa shape index (κ1) is 13.4. The maximum atomic E-state index is 12.3. The maximum Gasteiger partial charge on any atom is 0.339 e. The summed E-state index contributed by atoms with van der Waals surface area (Å²) in [5, 5.41) is 9.02. The van der Waals surface area contributed by atoms with Gasteiger partial charge in [-0.3, -0.25) is 4.21 Å². The van der Waals surface area contributed by atoms with Crippen molar-refractivity contribution in [2.75, 3.05) is 0 Å². The molecule has 0 amide bonds. The van der Waals surface area contributed by atoms with Crippen molar-refractivity contribution < 1.29 is 14.1 Å². The summed E-state index contributed by atoms with van der Waals surface area (Å²) in [7, 11) is -1.33. The van der Waals surface area contributed by atoms with Crippen LogP contribution in [0.3, 0.4) is 0 Å². The van der Waals surface area contributed by atoms with E-state index < -0.39 is 16.8 Å². The molecule has 1 aromatic carbocycles. The van der Waals surface area contributed by atoms with Gasteiger partial charge in [-0.2, -0.15) is 0 Å². The molecule has 0 radical (unpaired) electrons. The Labute approximate surface area is 112 Å². The lowest BCUT2D eigenvalue weighted by Gasteiger charge is -2.06. The fraction of sp³-hybridized carbons (Fsp3) is 0.154. The van der Waals surface area contributed by atoms with E-state index in [1.54, 1.807) is 12.1 Å². The highest BCUT2D eigenvalue weighted by Gasteiger charge is 2.15. The van der Waals surface area contributed by atoms with E-state index in [0.717, 1.165) is 5.56 Å². The molecule has 1 N–H and O–H groups in total. The van der Waals surface area contributed by atoms with E-state index in [2.05, 4.69) is 9.97 Å². The number of carboxylic acids is 1. The number of hydrogen-bond donors (Lipinski definition) is 1. The highest BCUT2D eigenvalue weighted by molar-refractivity contribution is 7.84. The lowest BCUT2D eigenvalue weighted by atomic mass is 10.2. The molecule has 6 heteroatoms. The fourth-order valence-corrected chi connectivity index (χ4v) is 2.95. The van der Waals surface area contributed by atoms with Gasteiger partial charge in [0, 0.05) is 11.1 Å². The van der Waals surface area contributed by atoms with E-state index in [9.17, 15) is 9.00 Å². The molecule has 0 aliphatic heterocycles. The van der Waals surface area contributed by atoms with Gasteiger partial charge in [0.25, 0.3) is 0 Å². The van der Waals surface area contributed by atoms with Gasteiger partial charge >= 0.3 is 5.97 Å². The molecule has 0 aliphatic carbocycles. The maximum absolute atomic E-state index is 12.3. The Hall–Kier alpha value is -2.08. The molecule has 1 heterocycles. The molecule has 0 bridgehead atoms. The second-order valence-corrected chi connectivity index (χ2v) is 5.36. The van der Waals surface area contributed by atoms with Gasteiger partial charge in [-0.25, -0.2) is 14.8 Å². The summed E-state index contributed by atoms with van der Waals surface area (Å²) < 4.78 is 12.3. The van der Waals surface area contributed by atoms with Crippen molar-refractivity contribution in [1.82, 2.24) is 9.97 Å². The van der Waals surface area contributed by atoms with Crippen LogP contribution in [0.15, 0.2) is 41.7 Å². The summed E-state index contributed by atoms with van der Waals surface area (Å²) in [6.07, 6.45) is 2.48. The topological polar surface area (TPSA) is 80.2 Å². The number of hydrogen-bond acceptors (Lipinski definition) is 4. The smallest absolute Gasteiger partial charge is 0.339 e. The van der Waals surface area contributed by atoms with Crippen molar-refractivity contribution in [2.24, 2.45) is 0 Å². The molecule has 0 saturated heterocycles. The van der Waals surface area contributed by atoms with Crippen molar-refractivity contribution >= 4 is 16.8 Å². The Morgan fingerprint density at radius 3 is 2.79 bits per heavy atom. The van der Waals surface area contributed by atoms with Gasteiger partial charge in [-0.1, -0.05) is 18.2 Å². The number of aryl methyl sites for hydroxylation is 1. The standard InChI is InChI=1S/C13H12N2O3S/c1-9-4-2-3-5-12(9)19(18)7-11-10(13(16)17)6-14-8-15-11/h2-6,8H,7H2,1H3,(H,16,17). The summed E-state index contributed by atoms with van der Waals surface area (Å²) in [6, 6.07) is 7.31. The van der Waals surface area contributed by atoms with Gasteiger partial charge in [-0.15, -0.1) is 0 Å². The summed E-state index contributed by atoms with van der Waals surface area (Å²) in [4.78, 5) is 19.3. The Morgan fingerprint density at radius 2 is 2.11 bits per heavy atom. The Balaban J connectivity index is 2.30. The van der Waals surface area contributed by atoms with Crippen molar-refractivity contribution in [1.29, 1.82) is 0 Å². The molecule has 19 heavy (non-hydrogen) atoms. The molecular weight excluding hydrogens is 264 g/mol. The summed E-state index contributed by atoms with van der Waals surface area (Å²) >= 11 is 0. The van der Waals surface area contributed by atoms with Crippen LogP contribution in [0.4, 0.5) is 0 Å². The number of benzene rings is 1. The Kier molecular flexibility index (Phi) is 4.01. The van der Waals surface area contributed by atoms with Crippen LogP contribution in [0.5, 0.6) is 0 Å². The number of nitrogens with zero attached hydrogens (tertiary/aromatic N) is 2. The van der Waals surface area contributed by atoms with Gasteiger partial charge in [0.1, 0.15) is 11.9 Å². The first-order valence-corrected chi connectivity index (χ1v) is 6.87. The number of aromatic carboxylic acids is 1. The lowest BCUT2D eigenvalue weighted by Crippen LogP contribution is -2.09. The van der Waals surface area contributed by atoms with Crippen molar-refractivity contribution in [3.8, 4) is 0 Å². The highest BCUT2D eigenvalue weighted by atomic mass is 32.2. The third-order valence-corrected chi connectivity index (χ3v) is 4.12. The normalized spacial score (nSPS) is 12.1. The SMILES string of the molecule is Cc1ccccc1S(=O)Cc1ncncc1C(=O)O. The Morgan fingerprint density at radius 1 is 1.37 bits per heavy atom. The monoisotopic (exact) mass is 276 g/mol. The van der Waals surface area contributed by atoms with Crippen molar-refractivity contribution in [3.05, 3.63) is 53.6 Å². The molecule has 1 aromatic heterocycles. The molecule has 0 aliphatic rings. The van der Waals surface area contributed by atoms with Gasteiger partial charge in [0.2, 0.25) is 0 Å². The average Bonchev–Trinajstić information content (AvgIpc) is 2.39. The number of aromatic nitrogens is 2. The largest absolute Gasteiger partial charge is 0.478 e. The van der Waals surface area contributed by atoms with Crippen molar-refractivity contribution in [3.63, 3.8) is 0 Å². The molecule has 98 valence electrons. The van der Waals surface area contributed by atoms with Crippen LogP contribution >= 0.6 is 0 Å². The molecule has 0 saturated carbocycles. The number of rotatable bonds is 4. The molecule has 5 nitrogen and oxygen atoms in total. The quantitative estimate of drug-likeness (QED) is 0.920. The van der Waals surface area contributed by atoms with Crippen molar-refractivity contribution in [2.45, 2.75) is 17.6 Å². The van der Waals surface area contributed by atoms with Crippen LogP contribution in [0.2, 0.25) is 0 Å². The summed E-state index contributed by atoms with van der Waals surface area (Å²) in [5.41, 5.74) is 1.18. The first-order valence-electron chi connectivity index (χ1n) is 5.55. The average molecular weight is 276 g/mol. The van der Waals surface area contributed by atoms with Crippen LogP contribution in [-0.4, -0.2) is 25.3 Å². The molecular formula is C13H12N2O3S. The van der Waals surface area contributed by atoms with E-state index in [1.165, 1.54) is 12.5 Å². The predicted molar refractivity (Wildman–Crippen MR) is 70.3 cm³/mol. The van der Waals surface area contributed by atoms with Crippen LogP contribution in [-0.2, 0) is 16.6 Å². The van der Waals surface area contributed by atoms with Crippen LogP contribution < -0.4 is 0 Å². The zero-order valence-electron chi connectivity index (χ0n) is 10.2. The Bertz CT molecular complexity index is 643. The van der Waals surface area contributed by atoms with Gasteiger partial charge in [0.05, 0.1) is 22.2 Å². The van der Waals surface area contributed by atoms with E-state index in [4.69, 9.17) is 5.11 Å². The lowest BCUT2D eigenvalue weighted by molar-refractivity contribution is 0.0695. The minimum Gasteiger partial charge on any atom is -0.478 e. The van der Waals surface area contributed by atoms with Gasteiger partial charge in [0.15, 0.2) is 0 Å². The third-order valence-electron chi connectivity index (χ3n) is 2.63. The van der Waals surface area contributed by atoms with Crippen LogP contribution in [0.25, 0.3) is 0 Å². The van der Waals surface area contributed by atoms with E-state index in [0.29, 0.717) is 4.90 Å². The summed E-state index contributed by atoms with van der Waals surface area (Å²) in [5.74, 6) is -1.05. The molecule has 2 rings (SSSR count). The van der Waals surface area contributed by atoms with E-state index in [-0.39, 0.29) is 17.0 Å². The molecule has 0 spiro atoms. The van der Waals surface area contributed by atoms with Gasteiger partial charge in [-0.05, 0) is 18.6 Å². The van der Waals surface area contributed by atoms with Gasteiger partial charge < -0.3 is 5.11 Å². The first-order chi connectivity index (χ1) is 9.09. The molecule has 0 fully saturated rings. The highest BCUT2D eigenvalue weighted by Crippen LogP contribution is 2.16. The molecule has 1 unspecified atom stereocenters. The zero-order chi connectivity index (χ0) is 13.8. The molecule has 1 atom stereocenters. The second-order valence-electron chi connectivity index (χ2n) is 3.94. The summed E-state index contributed by atoms with van der Waals surface area (Å²) in [6.45, 7) is 1.87. The van der Waals surface area contributed by atoms with Crippen LogP contribution in [0.1, 0.15) is 21.6 Å². The fourth-order valence-electron chi connectivity index (χ4n) is 1.66. The molecule has 2 aromatic rings. The van der Waals surface area contributed by atoms with E-state index >= 15 is 0 Å². The third kappa shape index (κ3) is 3.03.